The number of aromatic nitrogens is 1. The zero-order valence-corrected chi connectivity index (χ0v) is 13.2. The van der Waals surface area contributed by atoms with E-state index in [1.54, 1.807) is 6.20 Å². The van der Waals surface area contributed by atoms with E-state index in [1.807, 2.05) is 6.20 Å². The Bertz CT molecular complexity index is 463. The average Bonchev–Trinajstić information content (AvgIpc) is 3.23. The predicted octanol–water partition coefficient (Wildman–Crippen LogP) is 1.81. The summed E-state index contributed by atoms with van der Waals surface area (Å²) in [7, 11) is 0. The lowest BCUT2D eigenvalue weighted by molar-refractivity contribution is 0.274. The van der Waals surface area contributed by atoms with Gasteiger partial charge in [-0.05, 0) is 44.6 Å². The van der Waals surface area contributed by atoms with E-state index in [0.29, 0.717) is 18.6 Å². The number of aliphatic hydroxyl groups is 1. The zero-order chi connectivity index (χ0) is 15.2. The van der Waals surface area contributed by atoms with Crippen LogP contribution in [0.2, 0.25) is 0 Å². The van der Waals surface area contributed by atoms with Gasteiger partial charge in [0.1, 0.15) is 12.4 Å². The van der Waals surface area contributed by atoms with Crippen LogP contribution >= 0.6 is 0 Å². The normalized spacial score (nSPS) is 24.9. The summed E-state index contributed by atoms with van der Waals surface area (Å²) in [6, 6.07) is 2.59. The quantitative estimate of drug-likeness (QED) is 0.804. The fourth-order valence-electron chi connectivity index (χ4n) is 3.44. The maximum Gasteiger partial charge on any atom is 0.139 e. The van der Waals surface area contributed by atoms with Crippen LogP contribution in [0.4, 0.5) is 5.69 Å². The second-order valence-electron chi connectivity index (χ2n) is 6.45. The molecule has 1 aromatic heterocycles. The van der Waals surface area contributed by atoms with Gasteiger partial charge in [-0.25, -0.2) is 0 Å². The monoisotopic (exact) mass is 305 g/mol. The van der Waals surface area contributed by atoms with Crippen molar-refractivity contribution < 1.29 is 9.84 Å². The zero-order valence-electron chi connectivity index (χ0n) is 13.2. The molecule has 2 fully saturated rings. The van der Waals surface area contributed by atoms with Gasteiger partial charge in [-0.1, -0.05) is 0 Å². The molecule has 0 amide bonds. The van der Waals surface area contributed by atoms with Gasteiger partial charge in [0.25, 0.3) is 0 Å². The minimum Gasteiger partial charge on any atom is -0.490 e. The number of anilines is 1. The van der Waals surface area contributed by atoms with Crippen molar-refractivity contribution in [2.45, 2.75) is 38.1 Å². The molecule has 2 atom stereocenters. The van der Waals surface area contributed by atoms with Crippen LogP contribution in [0.3, 0.4) is 0 Å². The van der Waals surface area contributed by atoms with Gasteiger partial charge in [-0.15, -0.1) is 0 Å². The molecule has 0 saturated carbocycles. The number of rotatable bonds is 7. The van der Waals surface area contributed by atoms with Crippen LogP contribution in [-0.4, -0.2) is 49.0 Å². The predicted molar refractivity (Wildman–Crippen MR) is 87.4 cm³/mol. The first-order valence-electron chi connectivity index (χ1n) is 8.52. The molecule has 3 rings (SSSR count). The summed E-state index contributed by atoms with van der Waals surface area (Å²) in [5.41, 5.74) is 1.16. The van der Waals surface area contributed by atoms with E-state index < -0.39 is 0 Å². The molecule has 0 spiro atoms. The van der Waals surface area contributed by atoms with Gasteiger partial charge in [0.05, 0.1) is 18.1 Å². The maximum atomic E-state index is 8.95. The van der Waals surface area contributed by atoms with E-state index in [-0.39, 0.29) is 0 Å². The topological polar surface area (TPSA) is 57.6 Å². The lowest BCUT2D eigenvalue weighted by Gasteiger charge is -2.19. The van der Waals surface area contributed by atoms with Crippen molar-refractivity contribution >= 4 is 5.69 Å². The Labute approximate surface area is 132 Å². The standard InChI is InChI=1S/C17H27N3O2/c21-8-2-3-14-5-7-20(12-14)16-9-17(11-18-10-16)22-13-15-4-1-6-19-15/h9-11,14-15,19,21H,1-8,12-13H2. The van der Waals surface area contributed by atoms with Crippen LogP contribution in [0.25, 0.3) is 0 Å². The summed E-state index contributed by atoms with van der Waals surface area (Å²) in [5, 5.41) is 12.4. The Hall–Kier alpha value is -1.33. The summed E-state index contributed by atoms with van der Waals surface area (Å²) in [4.78, 5) is 6.72. The van der Waals surface area contributed by atoms with E-state index in [1.165, 1.54) is 19.3 Å². The second kappa shape index (κ2) is 7.79. The number of hydrogen-bond acceptors (Lipinski definition) is 5. The molecule has 2 saturated heterocycles. The van der Waals surface area contributed by atoms with Gasteiger partial charge < -0.3 is 20.1 Å². The third-order valence-electron chi connectivity index (χ3n) is 4.73. The Morgan fingerprint density at radius 2 is 2.32 bits per heavy atom. The summed E-state index contributed by atoms with van der Waals surface area (Å²) in [5.74, 6) is 1.56. The van der Waals surface area contributed by atoms with Gasteiger partial charge in [0.15, 0.2) is 0 Å². The highest BCUT2D eigenvalue weighted by Crippen LogP contribution is 2.28. The molecule has 1 aromatic rings. The molecule has 3 heterocycles. The van der Waals surface area contributed by atoms with Crippen LogP contribution in [0.1, 0.15) is 32.1 Å². The first kappa shape index (κ1) is 15.6. The summed E-state index contributed by atoms with van der Waals surface area (Å²) in [6.45, 7) is 4.27. The van der Waals surface area contributed by atoms with Crippen molar-refractivity contribution in [2.24, 2.45) is 5.92 Å². The molecular weight excluding hydrogens is 278 g/mol. The fraction of sp³-hybridized carbons (Fsp3) is 0.706. The number of pyridine rings is 1. The van der Waals surface area contributed by atoms with Crippen molar-refractivity contribution in [2.75, 3.05) is 37.7 Å². The van der Waals surface area contributed by atoms with Crippen molar-refractivity contribution in [3.05, 3.63) is 18.5 Å². The molecule has 122 valence electrons. The van der Waals surface area contributed by atoms with Crippen molar-refractivity contribution in [3.63, 3.8) is 0 Å². The first-order valence-corrected chi connectivity index (χ1v) is 8.52. The SMILES string of the molecule is OCCCC1CCN(c2cncc(OCC3CCCN3)c2)C1. The Morgan fingerprint density at radius 3 is 3.14 bits per heavy atom. The molecule has 2 aliphatic heterocycles. The van der Waals surface area contributed by atoms with Gasteiger partial charge in [0, 0.05) is 31.8 Å². The molecule has 0 aliphatic carbocycles. The molecular formula is C17H27N3O2. The summed E-state index contributed by atoms with van der Waals surface area (Å²) >= 11 is 0. The number of nitrogens with zero attached hydrogens (tertiary/aromatic N) is 2. The average molecular weight is 305 g/mol. The second-order valence-corrected chi connectivity index (χ2v) is 6.45. The van der Waals surface area contributed by atoms with Crippen LogP contribution in [-0.2, 0) is 0 Å². The van der Waals surface area contributed by atoms with E-state index in [0.717, 1.165) is 50.5 Å². The third-order valence-corrected chi connectivity index (χ3v) is 4.73. The van der Waals surface area contributed by atoms with E-state index in [2.05, 4.69) is 21.3 Å². The molecule has 0 aromatic carbocycles. The largest absolute Gasteiger partial charge is 0.490 e. The lowest BCUT2D eigenvalue weighted by Crippen LogP contribution is -2.28. The Balaban J connectivity index is 1.52. The van der Waals surface area contributed by atoms with Crippen LogP contribution in [0.5, 0.6) is 5.75 Å². The molecule has 22 heavy (non-hydrogen) atoms. The van der Waals surface area contributed by atoms with Crippen LogP contribution in [0.15, 0.2) is 18.5 Å². The van der Waals surface area contributed by atoms with Gasteiger partial charge in [0.2, 0.25) is 0 Å². The van der Waals surface area contributed by atoms with E-state index in [4.69, 9.17) is 9.84 Å². The molecule has 5 heteroatoms. The fourth-order valence-corrected chi connectivity index (χ4v) is 3.44. The molecule has 2 unspecified atom stereocenters. The highest BCUT2D eigenvalue weighted by molar-refractivity contribution is 5.49. The highest BCUT2D eigenvalue weighted by Gasteiger charge is 2.23. The first-order chi connectivity index (χ1) is 10.8. The molecule has 0 bridgehead atoms. The van der Waals surface area contributed by atoms with Crippen LogP contribution < -0.4 is 15.0 Å². The van der Waals surface area contributed by atoms with Gasteiger partial charge in [-0.3, -0.25) is 4.98 Å². The van der Waals surface area contributed by atoms with Gasteiger partial charge >= 0.3 is 0 Å². The summed E-state index contributed by atoms with van der Waals surface area (Å²) in [6.07, 6.45) is 9.41. The smallest absolute Gasteiger partial charge is 0.139 e. The minimum absolute atomic E-state index is 0.302. The lowest BCUT2D eigenvalue weighted by atomic mass is 10.0. The molecule has 2 aliphatic rings. The third kappa shape index (κ3) is 4.11. The van der Waals surface area contributed by atoms with Gasteiger partial charge in [-0.2, -0.15) is 0 Å². The van der Waals surface area contributed by atoms with Crippen molar-refractivity contribution in [1.82, 2.24) is 10.3 Å². The van der Waals surface area contributed by atoms with E-state index in [9.17, 15) is 0 Å². The minimum atomic E-state index is 0.302. The molecule has 5 nitrogen and oxygen atoms in total. The maximum absolute atomic E-state index is 8.95. The number of aliphatic hydroxyl groups excluding tert-OH is 1. The molecule has 2 N–H and O–H groups in total. The number of nitrogens with one attached hydrogen (secondary N) is 1. The molecule has 0 radical (unpaired) electrons. The Morgan fingerprint density at radius 1 is 1.36 bits per heavy atom. The van der Waals surface area contributed by atoms with E-state index >= 15 is 0 Å². The number of hydrogen-bond donors (Lipinski definition) is 2. The van der Waals surface area contributed by atoms with Crippen molar-refractivity contribution in [3.8, 4) is 5.75 Å². The summed E-state index contributed by atoms with van der Waals surface area (Å²) < 4.78 is 5.90. The highest BCUT2D eigenvalue weighted by atomic mass is 16.5. The number of ether oxygens (including phenoxy) is 1. The van der Waals surface area contributed by atoms with Crippen LogP contribution in [0, 0.1) is 5.92 Å². The van der Waals surface area contributed by atoms with Crippen molar-refractivity contribution in [1.29, 1.82) is 0 Å². The Kier molecular flexibility index (Phi) is 5.51.